The number of aliphatic hydroxyl groups is 1. The fourth-order valence-electron chi connectivity index (χ4n) is 1.93. The van der Waals surface area contributed by atoms with Crippen LogP contribution in [0.25, 0.3) is 0 Å². The molecule has 0 saturated heterocycles. The van der Waals surface area contributed by atoms with Crippen molar-refractivity contribution in [1.82, 2.24) is 0 Å². The maximum absolute atomic E-state index is 9.55. The van der Waals surface area contributed by atoms with Crippen LogP contribution in [0.4, 0.5) is 0 Å². The highest BCUT2D eigenvalue weighted by Crippen LogP contribution is 2.41. The van der Waals surface area contributed by atoms with E-state index >= 15 is 0 Å². The van der Waals surface area contributed by atoms with E-state index in [1.54, 1.807) is 6.92 Å². The van der Waals surface area contributed by atoms with Crippen molar-refractivity contribution >= 4 is 15.9 Å². The lowest BCUT2D eigenvalue weighted by Gasteiger charge is -2.17. The lowest BCUT2D eigenvalue weighted by atomic mass is 9.99. The molecule has 1 unspecified atom stereocenters. The number of hydrogen-bond acceptors (Lipinski definition) is 2. The van der Waals surface area contributed by atoms with Crippen molar-refractivity contribution in [2.24, 2.45) is 0 Å². The Morgan fingerprint density at radius 2 is 2.13 bits per heavy atom. The van der Waals surface area contributed by atoms with E-state index < -0.39 is 6.10 Å². The first-order valence-corrected chi connectivity index (χ1v) is 5.88. The van der Waals surface area contributed by atoms with Gasteiger partial charge >= 0.3 is 0 Å². The van der Waals surface area contributed by atoms with Gasteiger partial charge in [0.1, 0.15) is 11.4 Å². The van der Waals surface area contributed by atoms with Crippen molar-refractivity contribution in [3.8, 4) is 5.75 Å². The summed E-state index contributed by atoms with van der Waals surface area (Å²) >= 11 is 3.48. The van der Waals surface area contributed by atoms with Gasteiger partial charge in [-0.3, -0.25) is 0 Å². The molecule has 0 fully saturated rings. The summed E-state index contributed by atoms with van der Waals surface area (Å²) in [7, 11) is 0. The van der Waals surface area contributed by atoms with E-state index in [1.165, 1.54) is 5.56 Å². The van der Waals surface area contributed by atoms with E-state index in [-0.39, 0.29) is 5.60 Å². The number of ether oxygens (including phenoxy) is 1. The predicted molar refractivity (Wildman–Crippen MR) is 63.2 cm³/mol. The molecule has 82 valence electrons. The third-order valence-electron chi connectivity index (χ3n) is 2.62. The fourth-order valence-corrected chi connectivity index (χ4v) is 2.53. The Morgan fingerprint density at radius 3 is 2.73 bits per heavy atom. The lowest BCUT2D eigenvalue weighted by molar-refractivity contribution is 0.137. The quantitative estimate of drug-likeness (QED) is 0.849. The molecule has 3 heteroatoms. The third kappa shape index (κ3) is 2.04. The minimum atomic E-state index is -0.435. The standard InChI is InChI=1S/C12H15BrO2/c1-7(14)8-4-9-6-12(2,3)15-11(9)10(13)5-8/h4-5,7,14H,6H2,1-3H3. The van der Waals surface area contributed by atoms with Crippen LogP contribution < -0.4 is 4.74 Å². The van der Waals surface area contributed by atoms with Gasteiger partial charge < -0.3 is 9.84 Å². The zero-order valence-electron chi connectivity index (χ0n) is 9.17. The summed E-state index contributed by atoms with van der Waals surface area (Å²) in [6, 6.07) is 3.95. The predicted octanol–water partition coefficient (Wildman–Crippen LogP) is 3.22. The lowest BCUT2D eigenvalue weighted by Crippen LogP contribution is -2.24. The molecule has 15 heavy (non-hydrogen) atoms. The maximum Gasteiger partial charge on any atom is 0.137 e. The molecule has 0 spiro atoms. The molecule has 1 heterocycles. The number of rotatable bonds is 1. The largest absolute Gasteiger partial charge is 0.486 e. The zero-order chi connectivity index (χ0) is 11.2. The van der Waals surface area contributed by atoms with Gasteiger partial charge in [0.15, 0.2) is 0 Å². The van der Waals surface area contributed by atoms with Gasteiger partial charge in [0.25, 0.3) is 0 Å². The molecule has 0 amide bonds. The van der Waals surface area contributed by atoms with Crippen LogP contribution in [-0.4, -0.2) is 10.7 Å². The van der Waals surface area contributed by atoms with Crippen LogP contribution in [0.15, 0.2) is 16.6 Å². The summed E-state index contributed by atoms with van der Waals surface area (Å²) in [5, 5.41) is 9.55. The Bertz CT molecular complexity index is 397. The fraction of sp³-hybridized carbons (Fsp3) is 0.500. The first-order valence-electron chi connectivity index (χ1n) is 5.08. The summed E-state index contributed by atoms with van der Waals surface area (Å²) < 4.78 is 6.76. The number of fused-ring (bicyclic) bond motifs is 1. The SMILES string of the molecule is CC(O)c1cc(Br)c2c(c1)CC(C)(C)O2. The highest BCUT2D eigenvalue weighted by molar-refractivity contribution is 9.10. The van der Waals surface area contributed by atoms with Gasteiger partial charge in [-0.25, -0.2) is 0 Å². The van der Waals surface area contributed by atoms with Crippen LogP contribution in [0, 0.1) is 0 Å². The molecule has 0 aromatic heterocycles. The number of aliphatic hydroxyl groups excluding tert-OH is 1. The molecule has 0 radical (unpaired) electrons. The second kappa shape index (κ2) is 3.49. The molecule has 2 nitrogen and oxygen atoms in total. The third-order valence-corrected chi connectivity index (χ3v) is 3.21. The molecule has 1 atom stereocenters. The maximum atomic E-state index is 9.55. The van der Waals surface area contributed by atoms with E-state index in [0.717, 1.165) is 22.2 Å². The highest BCUT2D eigenvalue weighted by atomic mass is 79.9. The van der Waals surface area contributed by atoms with Gasteiger partial charge in [0.05, 0.1) is 10.6 Å². The van der Waals surface area contributed by atoms with Gasteiger partial charge in [-0.15, -0.1) is 0 Å². The van der Waals surface area contributed by atoms with Crippen LogP contribution in [0.3, 0.4) is 0 Å². The molecule has 0 aliphatic carbocycles. The van der Waals surface area contributed by atoms with Gasteiger partial charge in [-0.1, -0.05) is 0 Å². The second-order valence-electron chi connectivity index (χ2n) is 4.71. The van der Waals surface area contributed by atoms with Crippen molar-refractivity contribution < 1.29 is 9.84 Å². The van der Waals surface area contributed by atoms with Crippen molar-refractivity contribution in [3.63, 3.8) is 0 Å². The van der Waals surface area contributed by atoms with Crippen molar-refractivity contribution in [1.29, 1.82) is 0 Å². The second-order valence-corrected chi connectivity index (χ2v) is 5.56. The highest BCUT2D eigenvalue weighted by Gasteiger charge is 2.32. The molecular weight excluding hydrogens is 256 g/mol. The van der Waals surface area contributed by atoms with E-state index in [0.29, 0.717) is 0 Å². The van der Waals surface area contributed by atoms with Gasteiger partial charge in [0, 0.05) is 6.42 Å². The molecule has 1 N–H and O–H groups in total. The van der Waals surface area contributed by atoms with Crippen LogP contribution in [0.2, 0.25) is 0 Å². The summed E-state index contributed by atoms with van der Waals surface area (Å²) in [6.07, 6.45) is 0.455. The average molecular weight is 271 g/mol. The molecule has 1 aliphatic heterocycles. The normalized spacial score (nSPS) is 19.5. The van der Waals surface area contributed by atoms with Crippen molar-refractivity contribution in [2.45, 2.75) is 38.9 Å². The Kier molecular flexibility index (Phi) is 2.55. The van der Waals surface area contributed by atoms with Gasteiger partial charge in [-0.05, 0) is 60.0 Å². The molecular formula is C12H15BrO2. The molecule has 0 saturated carbocycles. The molecule has 1 aromatic rings. The minimum absolute atomic E-state index is 0.137. The van der Waals surface area contributed by atoms with Crippen LogP contribution in [0.1, 0.15) is 38.0 Å². The van der Waals surface area contributed by atoms with Crippen LogP contribution in [0.5, 0.6) is 5.75 Å². The summed E-state index contributed by atoms with van der Waals surface area (Å²) in [6.45, 7) is 5.91. The Hall–Kier alpha value is -0.540. The Balaban J connectivity index is 2.47. The summed E-state index contributed by atoms with van der Waals surface area (Å²) in [5.74, 6) is 0.921. The Morgan fingerprint density at radius 1 is 1.47 bits per heavy atom. The van der Waals surface area contributed by atoms with E-state index in [9.17, 15) is 5.11 Å². The molecule has 1 aliphatic rings. The first kappa shape index (κ1) is 11.0. The molecule has 2 rings (SSSR count). The minimum Gasteiger partial charge on any atom is -0.486 e. The number of hydrogen-bond donors (Lipinski definition) is 1. The monoisotopic (exact) mass is 270 g/mol. The van der Waals surface area contributed by atoms with Gasteiger partial charge in [-0.2, -0.15) is 0 Å². The average Bonchev–Trinajstić information content (AvgIpc) is 2.39. The summed E-state index contributed by atoms with van der Waals surface area (Å²) in [5.41, 5.74) is 1.97. The first-order chi connectivity index (χ1) is 6.89. The topological polar surface area (TPSA) is 29.5 Å². The van der Waals surface area contributed by atoms with E-state index in [2.05, 4.69) is 29.8 Å². The molecule has 0 bridgehead atoms. The summed E-state index contributed by atoms with van der Waals surface area (Å²) in [4.78, 5) is 0. The van der Waals surface area contributed by atoms with Gasteiger partial charge in [0.2, 0.25) is 0 Å². The van der Waals surface area contributed by atoms with Crippen LogP contribution >= 0.6 is 15.9 Å². The number of halogens is 1. The number of benzene rings is 1. The van der Waals surface area contributed by atoms with E-state index in [1.807, 2.05) is 12.1 Å². The molecule has 1 aromatic carbocycles. The van der Waals surface area contributed by atoms with E-state index in [4.69, 9.17) is 4.74 Å². The zero-order valence-corrected chi connectivity index (χ0v) is 10.8. The van der Waals surface area contributed by atoms with Crippen molar-refractivity contribution in [2.75, 3.05) is 0 Å². The van der Waals surface area contributed by atoms with Crippen LogP contribution in [-0.2, 0) is 6.42 Å². The smallest absolute Gasteiger partial charge is 0.137 e. The van der Waals surface area contributed by atoms with Crippen molar-refractivity contribution in [3.05, 3.63) is 27.7 Å². The Labute approximate surface area is 98.4 Å².